The zero-order chi connectivity index (χ0) is 15.3. The molecule has 1 amide bonds. The summed E-state index contributed by atoms with van der Waals surface area (Å²) in [6, 6.07) is 7.62. The number of methoxy groups -OCH3 is 1. The zero-order valence-electron chi connectivity index (χ0n) is 13.4. The van der Waals surface area contributed by atoms with Crippen LogP contribution in [0.25, 0.3) is 0 Å². The maximum Gasteiger partial charge on any atom is 0.251 e. The van der Waals surface area contributed by atoms with E-state index in [-0.39, 0.29) is 11.3 Å². The van der Waals surface area contributed by atoms with Crippen LogP contribution < -0.4 is 10.1 Å². The monoisotopic (exact) mass is 287 g/mol. The minimum atomic E-state index is 0.0345. The van der Waals surface area contributed by atoms with Gasteiger partial charge in [-0.05, 0) is 60.3 Å². The summed E-state index contributed by atoms with van der Waals surface area (Å²) in [4.78, 5) is 12.5. The predicted molar refractivity (Wildman–Crippen MR) is 83.5 cm³/mol. The van der Waals surface area contributed by atoms with Crippen LogP contribution in [0.4, 0.5) is 0 Å². The van der Waals surface area contributed by atoms with Crippen LogP contribution in [0, 0.1) is 16.7 Å². The normalized spacial score (nSPS) is 33.0. The first kappa shape index (κ1) is 14.4. The second kappa shape index (κ2) is 4.75. The highest BCUT2D eigenvalue weighted by Crippen LogP contribution is 2.65. The Morgan fingerprint density at radius 1 is 1.24 bits per heavy atom. The second-order valence-electron chi connectivity index (χ2n) is 7.37. The van der Waals surface area contributed by atoms with Crippen molar-refractivity contribution in [1.82, 2.24) is 5.32 Å². The van der Waals surface area contributed by atoms with Gasteiger partial charge in [-0.2, -0.15) is 0 Å². The summed E-state index contributed by atoms with van der Waals surface area (Å²) in [5.74, 6) is 1.55. The minimum Gasteiger partial charge on any atom is -0.497 e. The molecule has 1 aromatic rings. The van der Waals surface area contributed by atoms with Gasteiger partial charge in [-0.15, -0.1) is 0 Å². The van der Waals surface area contributed by atoms with Crippen molar-refractivity contribution in [3.05, 3.63) is 29.8 Å². The smallest absolute Gasteiger partial charge is 0.251 e. The van der Waals surface area contributed by atoms with Crippen LogP contribution in [0.15, 0.2) is 24.3 Å². The van der Waals surface area contributed by atoms with E-state index < -0.39 is 0 Å². The molecular weight excluding hydrogens is 262 g/mol. The first-order chi connectivity index (χ1) is 9.88. The largest absolute Gasteiger partial charge is 0.497 e. The van der Waals surface area contributed by atoms with Crippen LogP contribution >= 0.6 is 0 Å². The maximum atomic E-state index is 12.5. The lowest BCUT2D eigenvalue weighted by Crippen LogP contribution is -2.46. The van der Waals surface area contributed by atoms with Gasteiger partial charge in [-0.3, -0.25) is 4.79 Å². The average molecular weight is 287 g/mol. The lowest BCUT2D eigenvalue weighted by Gasteiger charge is -2.39. The molecule has 3 rings (SSSR count). The van der Waals surface area contributed by atoms with E-state index in [1.54, 1.807) is 7.11 Å². The number of hydrogen-bond donors (Lipinski definition) is 1. The molecule has 2 aliphatic rings. The van der Waals surface area contributed by atoms with Gasteiger partial charge in [0.05, 0.1) is 7.11 Å². The second-order valence-corrected chi connectivity index (χ2v) is 7.37. The number of fused-ring (bicyclic) bond motifs is 2. The lowest BCUT2D eigenvalue weighted by atomic mass is 9.69. The van der Waals surface area contributed by atoms with Gasteiger partial charge in [0.1, 0.15) is 5.75 Å². The Hall–Kier alpha value is -1.51. The van der Waals surface area contributed by atoms with Gasteiger partial charge in [0.15, 0.2) is 0 Å². The van der Waals surface area contributed by atoms with E-state index in [9.17, 15) is 4.79 Å². The van der Waals surface area contributed by atoms with Crippen molar-refractivity contribution in [3.63, 3.8) is 0 Å². The molecule has 2 aliphatic carbocycles. The summed E-state index contributed by atoms with van der Waals surface area (Å²) in [6.45, 7) is 7.08. The van der Waals surface area contributed by atoms with Crippen molar-refractivity contribution in [2.24, 2.45) is 16.7 Å². The summed E-state index contributed by atoms with van der Waals surface area (Å²) < 4.78 is 5.13. The van der Waals surface area contributed by atoms with Crippen molar-refractivity contribution in [3.8, 4) is 5.75 Å². The molecular formula is C18H25NO2. The third-order valence-corrected chi connectivity index (χ3v) is 6.45. The molecule has 0 unspecified atom stereocenters. The highest BCUT2D eigenvalue weighted by Gasteiger charge is 2.61. The van der Waals surface area contributed by atoms with E-state index in [0.29, 0.717) is 17.0 Å². The highest BCUT2D eigenvalue weighted by atomic mass is 16.5. The first-order valence-electron chi connectivity index (χ1n) is 7.83. The molecule has 1 N–H and O–H groups in total. The molecule has 3 heteroatoms. The Kier molecular flexibility index (Phi) is 3.27. The van der Waals surface area contributed by atoms with Gasteiger partial charge in [-0.1, -0.05) is 20.8 Å². The standard InChI is InChI=1S/C18H25NO2/c1-17(2)13-9-10-18(17,3)15(11-13)19-16(20)12-5-7-14(21-4)8-6-12/h5-8,13,15H,9-11H2,1-4H3,(H,19,20)/t13-,15+,18+/m1/s1. The van der Waals surface area contributed by atoms with E-state index >= 15 is 0 Å². The number of amides is 1. The van der Waals surface area contributed by atoms with Crippen molar-refractivity contribution < 1.29 is 9.53 Å². The quantitative estimate of drug-likeness (QED) is 0.921. The molecule has 0 saturated heterocycles. The fourth-order valence-electron chi connectivity index (χ4n) is 4.41. The predicted octanol–water partition coefficient (Wildman–Crippen LogP) is 3.64. The Labute approximate surface area is 127 Å². The van der Waals surface area contributed by atoms with Crippen molar-refractivity contribution >= 4 is 5.91 Å². The number of ether oxygens (including phenoxy) is 1. The van der Waals surface area contributed by atoms with E-state index in [0.717, 1.165) is 18.1 Å². The van der Waals surface area contributed by atoms with Crippen LogP contribution in [0.5, 0.6) is 5.75 Å². The average Bonchev–Trinajstić information content (AvgIpc) is 2.80. The van der Waals surface area contributed by atoms with Crippen LogP contribution in [0.1, 0.15) is 50.4 Å². The van der Waals surface area contributed by atoms with Gasteiger partial charge >= 0.3 is 0 Å². The maximum absolute atomic E-state index is 12.5. The van der Waals surface area contributed by atoms with E-state index in [1.807, 2.05) is 24.3 Å². The van der Waals surface area contributed by atoms with Crippen LogP contribution in [-0.2, 0) is 0 Å². The van der Waals surface area contributed by atoms with Crippen LogP contribution in [0.2, 0.25) is 0 Å². The molecule has 3 atom stereocenters. The lowest BCUT2D eigenvalue weighted by molar-refractivity contribution is 0.0826. The Balaban J connectivity index is 1.74. The Morgan fingerprint density at radius 2 is 1.90 bits per heavy atom. The molecule has 21 heavy (non-hydrogen) atoms. The SMILES string of the molecule is COc1ccc(C(=O)N[C@H]2C[C@H]3CC[C@]2(C)C3(C)C)cc1. The molecule has 0 aliphatic heterocycles. The fourth-order valence-corrected chi connectivity index (χ4v) is 4.41. The molecule has 0 radical (unpaired) electrons. The number of hydrogen-bond acceptors (Lipinski definition) is 2. The molecule has 2 fully saturated rings. The van der Waals surface area contributed by atoms with Crippen molar-refractivity contribution in [2.75, 3.05) is 7.11 Å². The summed E-state index contributed by atoms with van der Waals surface area (Å²) >= 11 is 0. The third kappa shape index (κ3) is 2.05. The molecule has 3 nitrogen and oxygen atoms in total. The molecule has 2 bridgehead atoms. The summed E-state index contributed by atoms with van der Waals surface area (Å²) in [7, 11) is 1.63. The Bertz CT molecular complexity index is 549. The number of carbonyl (C=O) groups excluding carboxylic acids is 1. The third-order valence-electron chi connectivity index (χ3n) is 6.45. The molecule has 1 aromatic carbocycles. The number of carbonyl (C=O) groups is 1. The fraction of sp³-hybridized carbons (Fsp3) is 0.611. The molecule has 2 saturated carbocycles. The van der Waals surface area contributed by atoms with Crippen molar-refractivity contribution in [1.29, 1.82) is 0 Å². The first-order valence-corrected chi connectivity index (χ1v) is 7.83. The summed E-state index contributed by atoms with van der Waals surface area (Å²) in [6.07, 6.45) is 3.64. The summed E-state index contributed by atoms with van der Waals surface area (Å²) in [5.41, 5.74) is 1.25. The van der Waals surface area contributed by atoms with Crippen LogP contribution in [-0.4, -0.2) is 19.1 Å². The number of benzene rings is 1. The highest BCUT2D eigenvalue weighted by molar-refractivity contribution is 5.94. The minimum absolute atomic E-state index is 0.0345. The van der Waals surface area contributed by atoms with Gasteiger partial charge < -0.3 is 10.1 Å². The molecule has 0 aromatic heterocycles. The zero-order valence-corrected chi connectivity index (χ0v) is 13.4. The van der Waals surface area contributed by atoms with Gasteiger partial charge in [0, 0.05) is 11.6 Å². The van der Waals surface area contributed by atoms with E-state index in [4.69, 9.17) is 4.74 Å². The van der Waals surface area contributed by atoms with Gasteiger partial charge in [0.25, 0.3) is 5.91 Å². The van der Waals surface area contributed by atoms with Gasteiger partial charge in [-0.25, -0.2) is 0 Å². The molecule has 0 spiro atoms. The molecule has 0 heterocycles. The molecule has 114 valence electrons. The van der Waals surface area contributed by atoms with Crippen molar-refractivity contribution in [2.45, 2.75) is 46.1 Å². The number of rotatable bonds is 3. The summed E-state index contributed by atoms with van der Waals surface area (Å²) in [5, 5.41) is 3.28. The van der Waals surface area contributed by atoms with E-state index in [1.165, 1.54) is 12.8 Å². The van der Waals surface area contributed by atoms with Gasteiger partial charge in [0.2, 0.25) is 0 Å². The van der Waals surface area contributed by atoms with Crippen LogP contribution in [0.3, 0.4) is 0 Å². The number of nitrogens with one attached hydrogen (secondary N) is 1. The van der Waals surface area contributed by atoms with E-state index in [2.05, 4.69) is 26.1 Å². The Morgan fingerprint density at radius 3 is 2.38 bits per heavy atom. The topological polar surface area (TPSA) is 38.3 Å².